The van der Waals surface area contributed by atoms with Crippen molar-refractivity contribution in [1.82, 2.24) is 0 Å². The van der Waals surface area contributed by atoms with Gasteiger partial charge >= 0.3 is 17.9 Å². The molecule has 0 aromatic rings. The third kappa shape index (κ3) is 41.6. The van der Waals surface area contributed by atoms with Gasteiger partial charge in [0, 0.05) is 19.3 Å². The number of ether oxygens (including phenoxy) is 3. The van der Waals surface area contributed by atoms with Gasteiger partial charge in [0.05, 0.1) is 0 Å². The number of unbranched alkanes of at least 4 members (excludes halogenated alkanes) is 30. The molecular formula is C48H92O6. The van der Waals surface area contributed by atoms with Crippen molar-refractivity contribution in [2.75, 3.05) is 13.2 Å². The van der Waals surface area contributed by atoms with Crippen LogP contribution in [0.25, 0.3) is 0 Å². The Labute approximate surface area is 336 Å². The predicted molar refractivity (Wildman–Crippen MR) is 229 cm³/mol. The number of esters is 3. The standard InChI is InChI=1S/C48H92O6/c1-5-7-9-11-13-14-15-17-22-25-29-33-37-41-48(51)54-45(42-52-46(49)39-35-31-26-12-10-8-6-2)43-53-47(50)40-36-32-28-24-21-19-16-18-20-23-27-30-34-38-44(3)4/h44-45H,5-43H2,1-4H3/t45-/m1/s1. The first kappa shape index (κ1) is 52.4. The van der Waals surface area contributed by atoms with Crippen molar-refractivity contribution in [2.45, 2.75) is 271 Å². The van der Waals surface area contributed by atoms with Crippen LogP contribution in [0.4, 0.5) is 0 Å². The molecule has 1 atom stereocenters. The van der Waals surface area contributed by atoms with Gasteiger partial charge in [-0.3, -0.25) is 14.4 Å². The number of rotatable bonds is 43. The third-order valence-corrected chi connectivity index (χ3v) is 10.8. The zero-order chi connectivity index (χ0) is 39.6. The Morgan fingerprint density at radius 1 is 0.352 bits per heavy atom. The summed E-state index contributed by atoms with van der Waals surface area (Å²) in [5.74, 6) is -0.0167. The van der Waals surface area contributed by atoms with Crippen LogP contribution in [0.15, 0.2) is 0 Å². The fraction of sp³-hybridized carbons (Fsp3) is 0.938. The van der Waals surface area contributed by atoms with Crippen LogP contribution in [0.5, 0.6) is 0 Å². The first-order chi connectivity index (χ1) is 26.4. The average Bonchev–Trinajstić information content (AvgIpc) is 3.15. The molecule has 0 aliphatic heterocycles. The van der Waals surface area contributed by atoms with E-state index in [1.54, 1.807) is 0 Å². The maximum Gasteiger partial charge on any atom is 0.306 e. The highest BCUT2D eigenvalue weighted by Gasteiger charge is 2.19. The predicted octanol–water partition coefficient (Wildman–Crippen LogP) is 15.1. The van der Waals surface area contributed by atoms with Gasteiger partial charge < -0.3 is 14.2 Å². The van der Waals surface area contributed by atoms with Gasteiger partial charge in [-0.2, -0.15) is 0 Å². The van der Waals surface area contributed by atoms with E-state index in [1.807, 2.05) is 0 Å². The molecule has 0 aliphatic rings. The van der Waals surface area contributed by atoms with Crippen molar-refractivity contribution >= 4 is 17.9 Å². The molecule has 320 valence electrons. The summed E-state index contributed by atoms with van der Waals surface area (Å²) in [4.78, 5) is 37.6. The monoisotopic (exact) mass is 765 g/mol. The lowest BCUT2D eigenvalue weighted by Crippen LogP contribution is -2.30. The molecule has 54 heavy (non-hydrogen) atoms. The van der Waals surface area contributed by atoms with Crippen LogP contribution < -0.4 is 0 Å². The van der Waals surface area contributed by atoms with Gasteiger partial charge in [-0.05, 0) is 25.2 Å². The highest BCUT2D eigenvalue weighted by molar-refractivity contribution is 5.71. The molecule has 0 N–H and O–H groups in total. The Balaban J connectivity index is 4.23. The van der Waals surface area contributed by atoms with Gasteiger partial charge in [-0.25, -0.2) is 0 Å². The van der Waals surface area contributed by atoms with E-state index in [-0.39, 0.29) is 31.1 Å². The van der Waals surface area contributed by atoms with Gasteiger partial charge in [-0.15, -0.1) is 0 Å². The highest BCUT2D eigenvalue weighted by Crippen LogP contribution is 2.16. The number of hydrogen-bond acceptors (Lipinski definition) is 6. The van der Waals surface area contributed by atoms with Crippen molar-refractivity contribution in [1.29, 1.82) is 0 Å². The van der Waals surface area contributed by atoms with Crippen LogP contribution in [0.2, 0.25) is 0 Å². The Morgan fingerprint density at radius 3 is 0.907 bits per heavy atom. The van der Waals surface area contributed by atoms with Crippen molar-refractivity contribution in [3.8, 4) is 0 Å². The van der Waals surface area contributed by atoms with Gasteiger partial charge in [0.25, 0.3) is 0 Å². The first-order valence-electron chi connectivity index (χ1n) is 23.9. The summed E-state index contributed by atoms with van der Waals surface area (Å²) in [6, 6.07) is 0. The summed E-state index contributed by atoms with van der Waals surface area (Å²) in [5.41, 5.74) is 0. The fourth-order valence-electron chi connectivity index (χ4n) is 7.16. The molecule has 0 radical (unpaired) electrons. The van der Waals surface area contributed by atoms with Crippen molar-refractivity contribution < 1.29 is 28.6 Å². The second-order valence-electron chi connectivity index (χ2n) is 16.9. The molecule has 0 bridgehead atoms. The second kappa shape index (κ2) is 42.6. The van der Waals surface area contributed by atoms with E-state index < -0.39 is 6.10 Å². The molecule has 0 fully saturated rings. The topological polar surface area (TPSA) is 78.9 Å². The van der Waals surface area contributed by atoms with Crippen LogP contribution in [-0.2, 0) is 28.6 Å². The smallest absolute Gasteiger partial charge is 0.306 e. The number of hydrogen-bond donors (Lipinski definition) is 0. The average molecular weight is 765 g/mol. The first-order valence-corrected chi connectivity index (χ1v) is 23.9. The van der Waals surface area contributed by atoms with Crippen molar-refractivity contribution in [3.63, 3.8) is 0 Å². The minimum absolute atomic E-state index is 0.0637. The van der Waals surface area contributed by atoms with Crippen LogP contribution in [0.3, 0.4) is 0 Å². The number of carbonyl (C=O) groups is 3. The highest BCUT2D eigenvalue weighted by atomic mass is 16.6. The molecule has 0 amide bonds. The summed E-state index contributed by atoms with van der Waals surface area (Å²) in [5, 5.41) is 0. The van der Waals surface area contributed by atoms with E-state index in [1.165, 1.54) is 161 Å². The fourth-order valence-corrected chi connectivity index (χ4v) is 7.16. The van der Waals surface area contributed by atoms with Crippen LogP contribution in [-0.4, -0.2) is 37.2 Å². The molecule has 0 aliphatic carbocycles. The molecule has 0 unspecified atom stereocenters. The quantitative estimate of drug-likeness (QED) is 0.0349. The van der Waals surface area contributed by atoms with Crippen LogP contribution in [0.1, 0.15) is 265 Å². The zero-order valence-corrected chi connectivity index (χ0v) is 36.7. The normalized spacial score (nSPS) is 11.9. The molecule has 0 aromatic heterocycles. The summed E-state index contributed by atoms with van der Waals surface area (Å²) < 4.78 is 16.7. The lowest BCUT2D eigenvalue weighted by Gasteiger charge is -2.18. The number of carbonyl (C=O) groups excluding carboxylic acids is 3. The van der Waals surface area contributed by atoms with E-state index in [4.69, 9.17) is 14.2 Å². The summed E-state index contributed by atoms with van der Waals surface area (Å²) in [7, 11) is 0. The van der Waals surface area contributed by atoms with E-state index in [0.29, 0.717) is 19.3 Å². The minimum atomic E-state index is -0.758. The van der Waals surface area contributed by atoms with E-state index in [9.17, 15) is 14.4 Å². The second-order valence-corrected chi connectivity index (χ2v) is 16.9. The van der Waals surface area contributed by atoms with Crippen LogP contribution in [0, 0.1) is 5.92 Å². The Hall–Kier alpha value is -1.59. The lowest BCUT2D eigenvalue weighted by atomic mass is 10.0. The Bertz CT molecular complexity index is 811. The third-order valence-electron chi connectivity index (χ3n) is 10.8. The van der Waals surface area contributed by atoms with E-state index >= 15 is 0 Å². The Morgan fingerprint density at radius 2 is 0.611 bits per heavy atom. The summed E-state index contributed by atoms with van der Waals surface area (Å²) in [6.45, 7) is 8.98. The molecular weight excluding hydrogens is 673 g/mol. The molecule has 0 rings (SSSR count). The molecule has 6 nitrogen and oxygen atoms in total. The zero-order valence-electron chi connectivity index (χ0n) is 36.7. The van der Waals surface area contributed by atoms with Gasteiger partial charge in [0.1, 0.15) is 13.2 Å². The molecule has 0 spiro atoms. The van der Waals surface area contributed by atoms with E-state index in [2.05, 4.69) is 27.7 Å². The van der Waals surface area contributed by atoms with Gasteiger partial charge in [0.2, 0.25) is 0 Å². The maximum atomic E-state index is 12.7. The van der Waals surface area contributed by atoms with Crippen molar-refractivity contribution in [2.24, 2.45) is 5.92 Å². The Kier molecular flexibility index (Phi) is 41.3. The minimum Gasteiger partial charge on any atom is -0.462 e. The van der Waals surface area contributed by atoms with Crippen molar-refractivity contribution in [3.05, 3.63) is 0 Å². The summed E-state index contributed by atoms with van der Waals surface area (Å²) >= 11 is 0. The maximum absolute atomic E-state index is 12.7. The lowest BCUT2D eigenvalue weighted by molar-refractivity contribution is -0.167. The molecule has 0 aromatic carbocycles. The largest absolute Gasteiger partial charge is 0.462 e. The molecule has 0 heterocycles. The van der Waals surface area contributed by atoms with Gasteiger partial charge in [-0.1, -0.05) is 227 Å². The van der Waals surface area contributed by atoms with Gasteiger partial charge in [0.15, 0.2) is 6.10 Å². The SMILES string of the molecule is CCCCCCCCCCCCCCCC(=O)O[C@H](COC(=O)CCCCCCCCC)COC(=O)CCCCCCCCCCCCCCCC(C)C. The van der Waals surface area contributed by atoms with Crippen LogP contribution >= 0.6 is 0 Å². The van der Waals surface area contributed by atoms with E-state index in [0.717, 1.165) is 63.7 Å². The molecule has 0 saturated heterocycles. The summed E-state index contributed by atoms with van der Waals surface area (Å²) in [6.07, 6.45) is 42.4. The molecule has 0 saturated carbocycles. The molecule has 6 heteroatoms.